The number of hydrogen-bond acceptors (Lipinski definition) is 3. The summed E-state index contributed by atoms with van der Waals surface area (Å²) in [6.07, 6.45) is 2.76. The first-order chi connectivity index (χ1) is 9.65. The van der Waals surface area contributed by atoms with Gasteiger partial charge in [-0.25, -0.2) is 4.39 Å². The number of halogens is 1. The number of aliphatic carboxylic acids is 1. The SMILES string of the molecule is O=C(O)C1CNC(c2ccc(N3CCCC3)c(F)c2)C1. The predicted molar refractivity (Wildman–Crippen MR) is 74.3 cm³/mol. The third-order valence-corrected chi connectivity index (χ3v) is 4.30. The van der Waals surface area contributed by atoms with Gasteiger partial charge < -0.3 is 15.3 Å². The quantitative estimate of drug-likeness (QED) is 0.889. The van der Waals surface area contributed by atoms with E-state index in [4.69, 9.17) is 5.11 Å². The molecule has 1 aromatic carbocycles. The first-order valence-corrected chi connectivity index (χ1v) is 7.16. The van der Waals surface area contributed by atoms with E-state index in [1.54, 1.807) is 6.07 Å². The third-order valence-electron chi connectivity index (χ3n) is 4.30. The van der Waals surface area contributed by atoms with Crippen LogP contribution in [0.5, 0.6) is 0 Å². The molecule has 2 unspecified atom stereocenters. The Morgan fingerprint density at radius 2 is 2.10 bits per heavy atom. The van der Waals surface area contributed by atoms with E-state index >= 15 is 0 Å². The van der Waals surface area contributed by atoms with Crippen LogP contribution in [-0.2, 0) is 4.79 Å². The van der Waals surface area contributed by atoms with Crippen molar-refractivity contribution in [3.63, 3.8) is 0 Å². The number of carboxylic acids is 1. The second kappa shape index (κ2) is 5.40. The van der Waals surface area contributed by atoms with Crippen molar-refractivity contribution < 1.29 is 14.3 Å². The highest BCUT2D eigenvalue weighted by atomic mass is 19.1. The Kier molecular flexibility index (Phi) is 3.61. The van der Waals surface area contributed by atoms with Crippen LogP contribution < -0.4 is 10.2 Å². The molecule has 4 nitrogen and oxygen atoms in total. The molecule has 2 aliphatic rings. The Labute approximate surface area is 117 Å². The van der Waals surface area contributed by atoms with Crippen molar-refractivity contribution in [1.82, 2.24) is 5.32 Å². The Hall–Kier alpha value is -1.62. The second-order valence-electron chi connectivity index (χ2n) is 5.64. The highest BCUT2D eigenvalue weighted by molar-refractivity contribution is 5.70. The van der Waals surface area contributed by atoms with Crippen LogP contribution in [0.1, 0.15) is 30.9 Å². The van der Waals surface area contributed by atoms with E-state index in [1.807, 2.05) is 12.1 Å². The Balaban J connectivity index is 1.75. The average Bonchev–Trinajstić information content (AvgIpc) is 3.10. The van der Waals surface area contributed by atoms with E-state index in [0.29, 0.717) is 18.7 Å². The molecule has 2 fully saturated rings. The highest BCUT2D eigenvalue weighted by Crippen LogP contribution is 2.31. The van der Waals surface area contributed by atoms with Gasteiger partial charge in [-0.3, -0.25) is 4.79 Å². The monoisotopic (exact) mass is 278 g/mol. The number of benzene rings is 1. The maximum absolute atomic E-state index is 14.2. The molecule has 0 spiro atoms. The maximum atomic E-state index is 14.2. The molecular formula is C15H19FN2O2. The molecule has 5 heteroatoms. The number of carboxylic acid groups (broad SMARTS) is 1. The lowest BCUT2D eigenvalue weighted by Crippen LogP contribution is -2.20. The fourth-order valence-electron chi connectivity index (χ4n) is 3.13. The summed E-state index contributed by atoms with van der Waals surface area (Å²) >= 11 is 0. The molecule has 108 valence electrons. The van der Waals surface area contributed by atoms with Crippen LogP contribution in [0.4, 0.5) is 10.1 Å². The maximum Gasteiger partial charge on any atom is 0.307 e. The van der Waals surface area contributed by atoms with E-state index in [1.165, 1.54) is 0 Å². The molecule has 2 heterocycles. The zero-order chi connectivity index (χ0) is 14.1. The van der Waals surface area contributed by atoms with Crippen LogP contribution in [0, 0.1) is 11.7 Å². The van der Waals surface area contributed by atoms with E-state index in [-0.39, 0.29) is 17.8 Å². The molecule has 2 atom stereocenters. The lowest BCUT2D eigenvalue weighted by atomic mass is 9.99. The lowest BCUT2D eigenvalue weighted by Gasteiger charge is -2.20. The molecule has 20 heavy (non-hydrogen) atoms. The second-order valence-corrected chi connectivity index (χ2v) is 5.64. The largest absolute Gasteiger partial charge is 0.481 e. The summed E-state index contributed by atoms with van der Waals surface area (Å²) in [4.78, 5) is 13.0. The molecule has 3 rings (SSSR count). The van der Waals surface area contributed by atoms with E-state index < -0.39 is 5.97 Å². The summed E-state index contributed by atoms with van der Waals surface area (Å²) in [7, 11) is 0. The summed E-state index contributed by atoms with van der Waals surface area (Å²) in [5.74, 6) is -1.36. The Bertz CT molecular complexity index is 515. The lowest BCUT2D eigenvalue weighted by molar-refractivity contribution is -0.141. The molecule has 0 radical (unpaired) electrons. The van der Waals surface area contributed by atoms with Gasteiger partial charge in [0.2, 0.25) is 0 Å². The molecule has 2 saturated heterocycles. The summed E-state index contributed by atoms with van der Waals surface area (Å²) in [5, 5.41) is 12.2. The third kappa shape index (κ3) is 2.50. The molecule has 2 aliphatic heterocycles. The van der Waals surface area contributed by atoms with Crippen LogP contribution in [0.3, 0.4) is 0 Å². The summed E-state index contributed by atoms with van der Waals surface area (Å²) in [6, 6.07) is 5.23. The van der Waals surface area contributed by atoms with Gasteiger partial charge in [-0.05, 0) is 37.0 Å². The van der Waals surface area contributed by atoms with Gasteiger partial charge >= 0.3 is 5.97 Å². The van der Waals surface area contributed by atoms with Crippen molar-refractivity contribution in [2.45, 2.75) is 25.3 Å². The number of anilines is 1. The number of nitrogens with one attached hydrogen (secondary N) is 1. The van der Waals surface area contributed by atoms with Crippen molar-refractivity contribution >= 4 is 11.7 Å². The smallest absolute Gasteiger partial charge is 0.307 e. The van der Waals surface area contributed by atoms with Gasteiger partial charge in [0, 0.05) is 25.7 Å². The van der Waals surface area contributed by atoms with Crippen molar-refractivity contribution in [2.24, 2.45) is 5.92 Å². The van der Waals surface area contributed by atoms with Crippen molar-refractivity contribution in [3.8, 4) is 0 Å². The summed E-state index contributed by atoms with van der Waals surface area (Å²) in [5.41, 5.74) is 1.51. The van der Waals surface area contributed by atoms with Gasteiger partial charge in [-0.15, -0.1) is 0 Å². The summed E-state index contributed by atoms with van der Waals surface area (Å²) in [6.45, 7) is 2.29. The highest BCUT2D eigenvalue weighted by Gasteiger charge is 2.30. The fraction of sp³-hybridized carbons (Fsp3) is 0.533. The van der Waals surface area contributed by atoms with E-state index in [9.17, 15) is 9.18 Å². The molecule has 0 aliphatic carbocycles. The number of rotatable bonds is 3. The van der Waals surface area contributed by atoms with E-state index in [2.05, 4.69) is 10.2 Å². The molecule has 0 aromatic heterocycles. The van der Waals surface area contributed by atoms with Gasteiger partial charge in [0.05, 0.1) is 11.6 Å². The fourth-order valence-corrected chi connectivity index (χ4v) is 3.13. The molecular weight excluding hydrogens is 259 g/mol. The van der Waals surface area contributed by atoms with Crippen LogP contribution in [0.2, 0.25) is 0 Å². The number of carbonyl (C=O) groups is 1. The number of nitrogens with zero attached hydrogens (tertiary/aromatic N) is 1. The molecule has 2 N–H and O–H groups in total. The van der Waals surface area contributed by atoms with Crippen molar-refractivity contribution in [3.05, 3.63) is 29.6 Å². The van der Waals surface area contributed by atoms with Gasteiger partial charge in [0.15, 0.2) is 0 Å². The first-order valence-electron chi connectivity index (χ1n) is 7.16. The minimum Gasteiger partial charge on any atom is -0.481 e. The number of hydrogen-bond donors (Lipinski definition) is 2. The first kappa shape index (κ1) is 13.4. The molecule has 0 saturated carbocycles. The standard InChI is InChI=1S/C15H19FN2O2/c16-12-7-10(13-8-11(9-17-13)15(19)20)3-4-14(12)18-5-1-2-6-18/h3-4,7,11,13,17H,1-2,5-6,8-9H2,(H,19,20). The Morgan fingerprint density at radius 1 is 1.35 bits per heavy atom. The van der Waals surface area contributed by atoms with Crippen molar-refractivity contribution in [2.75, 3.05) is 24.5 Å². The van der Waals surface area contributed by atoms with Gasteiger partial charge in [0.1, 0.15) is 5.82 Å². The zero-order valence-corrected chi connectivity index (χ0v) is 11.3. The van der Waals surface area contributed by atoms with Crippen LogP contribution in [-0.4, -0.2) is 30.7 Å². The molecule has 0 bridgehead atoms. The van der Waals surface area contributed by atoms with Crippen LogP contribution in [0.15, 0.2) is 18.2 Å². The van der Waals surface area contributed by atoms with Gasteiger partial charge in [-0.1, -0.05) is 6.07 Å². The average molecular weight is 278 g/mol. The summed E-state index contributed by atoms with van der Waals surface area (Å²) < 4.78 is 14.2. The van der Waals surface area contributed by atoms with E-state index in [0.717, 1.165) is 31.5 Å². The van der Waals surface area contributed by atoms with Crippen LogP contribution >= 0.6 is 0 Å². The molecule has 1 aromatic rings. The minimum atomic E-state index is -0.783. The van der Waals surface area contributed by atoms with Gasteiger partial charge in [-0.2, -0.15) is 0 Å². The zero-order valence-electron chi connectivity index (χ0n) is 11.3. The molecule has 0 amide bonds. The topological polar surface area (TPSA) is 52.6 Å². The normalized spacial score (nSPS) is 26.1. The Morgan fingerprint density at radius 3 is 2.70 bits per heavy atom. The van der Waals surface area contributed by atoms with Crippen LogP contribution in [0.25, 0.3) is 0 Å². The predicted octanol–water partition coefficient (Wildman–Crippen LogP) is 2.16. The minimum absolute atomic E-state index is 0.0572. The van der Waals surface area contributed by atoms with Crippen molar-refractivity contribution in [1.29, 1.82) is 0 Å². The van der Waals surface area contributed by atoms with Gasteiger partial charge in [0.25, 0.3) is 0 Å².